The van der Waals surface area contributed by atoms with Gasteiger partial charge in [0.15, 0.2) is 4.34 Å². The van der Waals surface area contributed by atoms with E-state index in [4.69, 9.17) is 5.11 Å². The molecule has 0 aliphatic rings. The first-order valence-electron chi connectivity index (χ1n) is 5.75. The lowest BCUT2D eigenvalue weighted by Crippen LogP contribution is -1.94. The molecule has 0 aliphatic carbocycles. The first-order chi connectivity index (χ1) is 9.63. The van der Waals surface area contributed by atoms with Gasteiger partial charge in [0.05, 0.1) is 11.4 Å². The summed E-state index contributed by atoms with van der Waals surface area (Å²) in [6, 6.07) is 1.84. The summed E-state index contributed by atoms with van der Waals surface area (Å²) in [5, 5.41) is 9.00. The second-order valence-electron chi connectivity index (χ2n) is 4.05. The zero-order valence-corrected chi connectivity index (χ0v) is 12.1. The zero-order chi connectivity index (χ0) is 14.1. The molecule has 0 bridgehead atoms. The van der Waals surface area contributed by atoms with E-state index >= 15 is 0 Å². The van der Waals surface area contributed by atoms with Crippen LogP contribution in [0, 0.1) is 6.92 Å². The van der Waals surface area contributed by atoms with Gasteiger partial charge in [-0.05, 0) is 13.0 Å². The van der Waals surface area contributed by atoms with Crippen LogP contribution < -0.4 is 0 Å². The third-order valence-corrected chi connectivity index (χ3v) is 4.92. The molecule has 0 aromatic carbocycles. The third-order valence-electron chi connectivity index (χ3n) is 2.60. The summed E-state index contributed by atoms with van der Waals surface area (Å²) in [4.78, 5) is 24.0. The molecule has 0 saturated carbocycles. The Hall–Kier alpha value is -1.93. The van der Waals surface area contributed by atoms with Crippen LogP contribution in [-0.2, 0) is 5.75 Å². The molecule has 0 fully saturated rings. The standard InChI is InChI=1S/C12H10N4O2S2/c1-7-9(10(17)18)20-12(14-7)19-6-8-5-16-4-2-3-13-11(16)15-8/h2-5H,6H2,1H3,(H,17,18). The van der Waals surface area contributed by atoms with E-state index in [-0.39, 0.29) is 0 Å². The van der Waals surface area contributed by atoms with E-state index in [1.807, 2.05) is 22.9 Å². The van der Waals surface area contributed by atoms with Crippen molar-refractivity contribution in [3.8, 4) is 0 Å². The Balaban J connectivity index is 1.76. The smallest absolute Gasteiger partial charge is 0.347 e. The number of hydrogen-bond acceptors (Lipinski definition) is 6. The Labute approximate surface area is 122 Å². The number of aromatic carboxylic acids is 1. The summed E-state index contributed by atoms with van der Waals surface area (Å²) in [6.07, 6.45) is 5.50. The first kappa shape index (κ1) is 13.1. The first-order valence-corrected chi connectivity index (χ1v) is 7.56. The molecule has 0 saturated heterocycles. The molecule has 8 heteroatoms. The summed E-state index contributed by atoms with van der Waals surface area (Å²) in [5.41, 5.74) is 1.44. The van der Waals surface area contributed by atoms with Crippen LogP contribution in [0.4, 0.5) is 0 Å². The second kappa shape index (κ2) is 5.22. The van der Waals surface area contributed by atoms with Gasteiger partial charge in [0.25, 0.3) is 0 Å². The summed E-state index contributed by atoms with van der Waals surface area (Å²) in [7, 11) is 0. The topological polar surface area (TPSA) is 80.4 Å². The molecule has 3 heterocycles. The maximum atomic E-state index is 11.0. The Morgan fingerprint density at radius 1 is 1.50 bits per heavy atom. The Bertz CT molecular complexity index is 748. The number of carboxylic acids is 1. The van der Waals surface area contributed by atoms with Gasteiger partial charge in [-0.3, -0.25) is 4.40 Å². The number of hydrogen-bond donors (Lipinski definition) is 1. The maximum absolute atomic E-state index is 11.0. The minimum Gasteiger partial charge on any atom is -0.477 e. The van der Waals surface area contributed by atoms with E-state index in [9.17, 15) is 4.79 Å². The van der Waals surface area contributed by atoms with Gasteiger partial charge in [-0.2, -0.15) is 0 Å². The Kier molecular flexibility index (Phi) is 3.41. The number of nitrogens with zero attached hydrogens (tertiary/aromatic N) is 4. The Morgan fingerprint density at radius 2 is 2.35 bits per heavy atom. The van der Waals surface area contributed by atoms with Crippen LogP contribution in [0.2, 0.25) is 0 Å². The molecule has 0 amide bonds. The molecule has 102 valence electrons. The molecule has 0 atom stereocenters. The predicted molar refractivity (Wildman–Crippen MR) is 76.4 cm³/mol. The largest absolute Gasteiger partial charge is 0.477 e. The molecule has 3 aromatic heterocycles. The number of imidazole rings is 1. The van der Waals surface area contributed by atoms with Crippen molar-refractivity contribution in [2.75, 3.05) is 0 Å². The van der Waals surface area contributed by atoms with E-state index in [0.29, 0.717) is 22.1 Å². The second-order valence-corrected chi connectivity index (χ2v) is 6.27. The van der Waals surface area contributed by atoms with Crippen LogP contribution in [0.3, 0.4) is 0 Å². The molecule has 0 aliphatic heterocycles. The number of carboxylic acid groups (broad SMARTS) is 1. The quantitative estimate of drug-likeness (QED) is 0.746. The normalized spacial score (nSPS) is 11.1. The third kappa shape index (κ3) is 2.52. The van der Waals surface area contributed by atoms with Crippen molar-refractivity contribution in [1.29, 1.82) is 0 Å². The molecular formula is C12H10N4O2S2. The number of aromatic nitrogens is 4. The van der Waals surface area contributed by atoms with Gasteiger partial charge < -0.3 is 5.11 Å². The predicted octanol–water partition coefficient (Wildman–Crippen LogP) is 2.48. The minimum atomic E-state index is -0.927. The zero-order valence-electron chi connectivity index (χ0n) is 10.5. The van der Waals surface area contributed by atoms with Crippen molar-refractivity contribution in [2.45, 2.75) is 17.0 Å². The van der Waals surface area contributed by atoms with Gasteiger partial charge in [0.2, 0.25) is 5.78 Å². The van der Waals surface area contributed by atoms with Gasteiger partial charge >= 0.3 is 5.97 Å². The highest BCUT2D eigenvalue weighted by molar-refractivity contribution is 8.00. The van der Waals surface area contributed by atoms with Crippen LogP contribution in [0.1, 0.15) is 21.1 Å². The van der Waals surface area contributed by atoms with E-state index in [1.165, 1.54) is 23.1 Å². The molecular weight excluding hydrogens is 296 g/mol. The van der Waals surface area contributed by atoms with Gasteiger partial charge in [0.1, 0.15) is 4.88 Å². The number of fused-ring (bicyclic) bond motifs is 1. The minimum absolute atomic E-state index is 0.296. The van der Waals surface area contributed by atoms with Crippen LogP contribution in [0.15, 0.2) is 29.0 Å². The average molecular weight is 306 g/mol. The lowest BCUT2D eigenvalue weighted by Gasteiger charge is -1.91. The molecule has 0 radical (unpaired) electrons. The fourth-order valence-corrected chi connectivity index (χ4v) is 3.63. The van der Waals surface area contributed by atoms with Crippen LogP contribution in [-0.4, -0.2) is 30.4 Å². The lowest BCUT2D eigenvalue weighted by atomic mass is 10.4. The summed E-state index contributed by atoms with van der Waals surface area (Å²) < 4.78 is 2.59. The van der Waals surface area contributed by atoms with E-state index < -0.39 is 5.97 Å². The van der Waals surface area contributed by atoms with Gasteiger partial charge in [-0.15, -0.1) is 11.3 Å². The SMILES string of the molecule is Cc1nc(SCc2cn3cccnc3n2)sc1C(=O)O. The molecule has 1 N–H and O–H groups in total. The molecule has 3 rings (SSSR count). The highest BCUT2D eigenvalue weighted by Crippen LogP contribution is 2.29. The highest BCUT2D eigenvalue weighted by Gasteiger charge is 2.14. The molecule has 0 spiro atoms. The Morgan fingerprint density at radius 3 is 3.05 bits per heavy atom. The number of aryl methyl sites for hydroxylation is 1. The molecule has 20 heavy (non-hydrogen) atoms. The number of carbonyl (C=O) groups is 1. The fourth-order valence-electron chi connectivity index (χ4n) is 1.72. The number of thiazole rings is 1. The van der Waals surface area contributed by atoms with Crippen molar-refractivity contribution in [2.24, 2.45) is 0 Å². The number of thioether (sulfide) groups is 1. The van der Waals surface area contributed by atoms with Crippen LogP contribution >= 0.6 is 23.1 Å². The molecule has 3 aromatic rings. The highest BCUT2D eigenvalue weighted by atomic mass is 32.2. The van der Waals surface area contributed by atoms with Crippen LogP contribution in [0.25, 0.3) is 5.78 Å². The number of rotatable bonds is 4. The van der Waals surface area contributed by atoms with Gasteiger partial charge in [-0.1, -0.05) is 11.8 Å². The summed E-state index contributed by atoms with van der Waals surface area (Å²) in [6.45, 7) is 1.71. The van der Waals surface area contributed by atoms with Crippen molar-refractivity contribution in [1.82, 2.24) is 19.4 Å². The fraction of sp³-hybridized carbons (Fsp3) is 0.167. The van der Waals surface area contributed by atoms with Gasteiger partial charge in [-0.25, -0.2) is 19.7 Å². The van der Waals surface area contributed by atoms with Crippen molar-refractivity contribution < 1.29 is 9.90 Å². The summed E-state index contributed by atoms with van der Waals surface area (Å²) in [5.74, 6) is 0.364. The van der Waals surface area contributed by atoms with E-state index in [0.717, 1.165) is 10.0 Å². The van der Waals surface area contributed by atoms with Crippen molar-refractivity contribution in [3.63, 3.8) is 0 Å². The maximum Gasteiger partial charge on any atom is 0.347 e. The van der Waals surface area contributed by atoms with Gasteiger partial charge in [0, 0.05) is 24.3 Å². The van der Waals surface area contributed by atoms with Crippen molar-refractivity contribution in [3.05, 3.63) is 40.9 Å². The lowest BCUT2D eigenvalue weighted by molar-refractivity contribution is 0.0701. The molecule has 0 unspecified atom stereocenters. The van der Waals surface area contributed by atoms with Crippen LogP contribution in [0.5, 0.6) is 0 Å². The summed E-state index contributed by atoms with van der Waals surface area (Å²) >= 11 is 2.68. The van der Waals surface area contributed by atoms with E-state index in [2.05, 4.69) is 15.0 Å². The average Bonchev–Trinajstić information content (AvgIpc) is 2.99. The monoisotopic (exact) mass is 306 g/mol. The molecule has 6 nitrogen and oxygen atoms in total. The van der Waals surface area contributed by atoms with E-state index in [1.54, 1.807) is 13.1 Å². The van der Waals surface area contributed by atoms with Crippen molar-refractivity contribution >= 4 is 34.8 Å².